The zero-order valence-corrected chi connectivity index (χ0v) is 21.2. The van der Waals surface area contributed by atoms with Gasteiger partial charge in [-0.15, -0.1) is 0 Å². The molecule has 2 aliphatic rings. The molecule has 1 aliphatic heterocycles. The molecule has 0 N–H and O–H groups in total. The van der Waals surface area contributed by atoms with E-state index in [2.05, 4.69) is 4.98 Å². The van der Waals surface area contributed by atoms with Gasteiger partial charge in [0.05, 0.1) is 25.3 Å². The van der Waals surface area contributed by atoms with E-state index < -0.39 is 40.2 Å². The van der Waals surface area contributed by atoms with Crippen LogP contribution in [-0.2, 0) is 0 Å². The second-order valence-electron chi connectivity index (χ2n) is 9.54. The summed E-state index contributed by atoms with van der Waals surface area (Å²) in [7, 11) is 3.05. The van der Waals surface area contributed by atoms with Crippen molar-refractivity contribution in [3.63, 3.8) is 0 Å². The van der Waals surface area contributed by atoms with Crippen LogP contribution in [0.1, 0.15) is 39.3 Å². The van der Waals surface area contributed by atoms with Crippen LogP contribution in [0.3, 0.4) is 0 Å². The molecule has 1 aliphatic carbocycles. The smallest absolute Gasteiger partial charge is 0.272 e. The zero-order valence-electron chi connectivity index (χ0n) is 21.2. The number of pyridine rings is 1. The molecule has 3 aromatic rings. The number of halogens is 3. The van der Waals surface area contributed by atoms with E-state index in [4.69, 9.17) is 9.47 Å². The van der Waals surface area contributed by atoms with Gasteiger partial charge >= 0.3 is 0 Å². The van der Waals surface area contributed by atoms with Crippen LogP contribution in [-0.4, -0.2) is 66.0 Å². The topological polar surface area (TPSA) is 72.0 Å². The Bertz CT molecular complexity index is 1400. The highest BCUT2D eigenvalue weighted by atomic mass is 19.1. The molecule has 5 rings (SSSR count). The van der Waals surface area contributed by atoms with Crippen molar-refractivity contribution in [1.29, 1.82) is 0 Å². The van der Waals surface area contributed by atoms with Crippen molar-refractivity contribution in [3.05, 3.63) is 76.7 Å². The number of carbonyl (C=O) groups excluding carboxylic acids is 2. The quantitative estimate of drug-likeness (QED) is 0.486. The van der Waals surface area contributed by atoms with Crippen LogP contribution in [0.2, 0.25) is 0 Å². The van der Waals surface area contributed by atoms with Gasteiger partial charge in [0, 0.05) is 30.8 Å². The third-order valence-electron chi connectivity index (χ3n) is 7.27. The van der Waals surface area contributed by atoms with Crippen molar-refractivity contribution >= 4 is 11.8 Å². The summed E-state index contributed by atoms with van der Waals surface area (Å²) in [5, 5.41) is 0. The Kier molecular flexibility index (Phi) is 6.50. The fourth-order valence-electron chi connectivity index (χ4n) is 5.03. The molecule has 38 heavy (non-hydrogen) atoms. The molecule has 2 aromatic carbocycles. The van der Waals surface area contributed by atoms with E-state index in [9.17, 15) is 22.8 Å². The molecular formula is C28H26F3N3O4. The molecule has 2 fully saturated rings. The molecule has 2 amide bonds. The number of piperazine rings is 1. The first-order valence-electron chi connectivity index (χ1n) is 12.1. The molecule has 1 saturated carbocycles. The summed E-state index contributed by atoms with van der Waals surface area (Å²) in [6, 6.07) is 8.70. The number of carbonyl (C=O) groups is 2. The minimum absolute atomic E-state index is 0.132. The van der Waals surface area contributed by atoms with Gasteiger partial charge in [-0.3, -0.25) is 9.59 Å². The van der Waals surface area contributed by atoms with Gasteiger partial charge in [-0.05, 0) is 56.2 Å². The fraction of sp³-hybridized carbons (Fsp3) is 0.321. The van der Waals surface area contributed by atoms with Gasteiger partial charge in [-0.2, -0.15) is 0 Å². The minimum Gasteiger partial charge on any atom is -0.496 e. The minimum atomic E-state index is -0.977. The molecule has 1 saturated heterocycles. The maximum atomic E-state index is 14.5. The number of nitrogens with zero attached hydrogens (tertiary/aromatic N) is 3. The third kappa shape index (κ3) is 4.33. The lowest BCUT2D eigenvalue weighted by Gasteiger charge is -2.42. The zero-order chi connectivity index (χ0) is 27.2. The molecule has 7 nitrogen and oxygen atoms in total. The third-order valence-corrected chi connectivity index (χ3v) is 7.27. The van der Waals surface area contributed by atoms with Crippen molar-refractivity contribution in [3.8, 4) is 22.8 Å². The lowest BCUT2D eigenvalue weighted by Crippen LogP contribution is -2.58. The Balaban J connectivity index is 1.39. The Morgan fingerprint density at radius 2 is 1.53 bits per heavy atom. The Labute approximate surface area is 217 Å². The van der Waals surface area contributed by atoms with Crippen LogP contribution >= 0.6 is 0 Å². The van der Waals surface area contributed by atoms with E-state index in [0.29, 0.717) is 29.9 Å². The summed E-state index contributed by atoms with van der Waals surface area (Å²) >= 11 is 0. The summed E-state index contributed by atoms with van der Waals surface area (Å²) in [6.07, 6.45) is 1.43. The molecular weight excluding hydrogens is 499 g/mol. The molecule has 0 bridgehead atoms. The summed E-state index contributed by atoms with van der Waals surface area (Å²) in [4.78, 5) is 34.2. The van der Waals surface area contributed by atoms with Crippen molar-refractivity contribution in [2.24, 2.45) is 0 Å². The molecule has 1 aromatic heterocycles. The summed E-state index contributed by atoms with van der Waals surface area (Å²) in [6.45, 7) is 2.60. The number of benzene rings is 2. The van der Waals surface area contributed by atoms with Gasteiger partial charge in [0.2, 0.25) is 0 Å². The highest BCUT2D eigenvalue weighted by molar-refractivity contribution is 5.97. The monoisotopic (exact) mass is 525 g/mol. The molecule has 2 heterocycles. The molecule has 198 valence electrons. The van der Waals surface area contributed by atoms with Crippen LogP contribution in [0.4, 0.5) is 13.2 Å². The van der Waals surface area contributed by atoms with E-state index in [-0.39, 0.29) is 31.2 Å². The van der Waals surface area contributed by atoms with E-state index in [1.165, 1.54) is 26.4 Å². The number of ether oxygens (including phenoxy) is 2. The van der Waals surface area contributed by atoms with Gasteiger partial charge in [0.1, 0.15) is 40.3 Å². The van der Waals surface area contributed by atoms with Gasteiger partial charge in [-0.25, -0.2) is 18.2 Å². The van der Waals surface area contributed by atoms with Gasteiger partial charge in [0.15, 0.2) is 0 Å². The van der Waals surface area contributed by atoms with Crippen molar-refractivity contribution in [2.45, 2.75) is 25.3 Å². The van der Waals surface area contributed by atoms with Crippen molar-refractivity contribution in [2.75, 3.05) is 33.9 Å². The Hall–Kier alpha value is -4.08. The number of hydrogen-bond acceptors (Lipinski definition) is 5. The predicted molar refractivity (Wildman–Crippen MR) is 133 cm³/mol. The number of rotatable bonds is 5. The number of amides is 2. The lowest BCUT2D eigenvalue weighted by molar-refractivity contribution is 0.0330. The van der Waals surface area contributed by atoms with E-state index in [0.717, 1.165) is 23.8 Å². The first-order valence-corrected chi connectivity index (χ1v) is 12.1. The van der Waals surface area contributed by atoms with E-state index in [1.54, 1.807) is 21.9 Å². The average molecular weight is 526 g/mol. The lowest BCUT2D eigenvalue weighted by atomic mass is 10.0. The summed E-state index contributed by atoms with van der Waals surface area (Å²) < 4.78 is 53.9. The van der Waals surface area contributed by atoms with Crippen LogP contribution in [0.25, 0.3) is 11.3 Å². The highest BCUT2D eigenvalue weighted by Crippen LogP contribution is 2.45. The summed E-state index contributed by atoms with van der Waals surface area (Å²) in [5.41, 5.74) is -0.651. The molecule has 10 heteroatoms. The molecule has 0 atom stereocenters. The first kappa shape index (κ1) is 25.6. The van der Waals surface area contributed by atoms with E-state index >= 15 is 0 Å². The Morgan fingerprint density at radius 3 is 2.11 bits per heavy atom. The van der Waals surface area contributed by atoms with E-state index in [1.807, 2.05) is 6.92 Å². The van der Waals surface area contributed by atoms with Crippen LogP contribution in [0, 0.1) is 24.4 Å². The average Bonchev–Trinajstić information content (AvgIpc) is 3.67. The second kappa shape index (κ2) is 9.66. The first-order chi connectivity index (χ1) is 18.2. The number of aromatic nitrogens is 1. The normalized spacial score (nSPS) is 15.9. The SMILES string of the molecule is COc1cc(C(=O)N2CCN(C(=O)c3ccc(F)c(-c4c(F)cccc4F)n3)CC23CC3)cc(OC)c1C. The predicted octanol–water partition coefficient (Wildman–Crippen LogP) is 4.62. The Morgan fingerprint density at radius 1 is 0.895 bits per heavy atom. The molecule has 0 unspecified atom stereocenters. The molecule has 1 spiro atoms. The maximum absolute atomic E-state index is 14.5. The largest absolute Gasteiger partial charge is 0.496 e. The van der Waals surface area contributed by atoms with Gasteiger partial charge < -0.3 is 19.3 Å². The van der Waals surface area contributed by atoms with Crippen LogP contribution in [0.15, 0.2) is 42.5 Å². The highest BCUT2D eigenvalue weighted by Gasteiger charge is 2.54. The number of hydrogen-bond donors (Lipinski definition) is 0. The standard InChI is InChI=1S/C28H26F3N3O4/c1-16-22(37-2)13-17(14-23(16)38-3)26(35)34-12-11-33(15-28(34)9-10-28)27(36)21-8-7-20(31)25(32-21)24-18(29)5-4-6-19(24)30/h4-8,13-14H,9-12,15H2,1-3H3. The number of methoxy groups -OCH3 is 2. The molecule has 0 radical (unpaired) electrons. The van der Waals surface area contributed by atoms with Gasteiger partial charge in [0.25, 0.3) is 11.8 Å². The maximum Gasteiger partial charge on any atom is 0.272 e. The second-order valence-corrected chi connectivity index (χ2v) is 9.54. The van der Waals surface area contributed by atoms with Crippen molar-refractivity contribution in [1.82, 2.24) is 14.8 Å². The fourth-order valence-corrected chi connectivity index (χ4v) is 5.03. The van der Waals surface area contributed by atoms with Crippen LogP contribution < -0.4 is 9.47 Å². The van der Waals surface area contributed by atoms with Gasteiger partial charge in [-0.1, -0.05) is 6.07 Å². The summed E-state index contributed by atoms with van der Waals surface area (Å²) in [5.74, 6) is -2.51. The van der Waals surface area contributed by atoms with Crippen molar-refractivity contribution < 1.29 is 32.2 Å². The van der Waals surface area contributed by atoms with Crippen LogP contribution in [0.5, 0.6) is 11.5 Å².